The Kier molecular flexibility index (Phi) is 7.53. The molecule has 0 aliphatic rings. The van der Waals surface area contributed by atoms with Gasteiger partial charge in [0.25, 0.3) is 0 Å². The molecule has 0 saturated carbocycles. The van der Waals surface area contributed by atoms with Crippen molar-refractivity contribution >= 4 is 24.3 Å². The molecule has 0 unspecified atom stereocenters. The van der Waals surface area contributed by atoms with Gasteiger partial charge in [-0.15, -0.1) is 0 Å². The van der Waals surface area contributed by atoms with Crippen molar-refractivity contribution in [2.45, 2.75) is 27.7 Å². The van der Waals surface area contributed by atoms with Gasteiger partial charge in [0.05, 0.1) is 0 Å². The molecular weight excluding hydrogens is 218 g/mol. The van der Waals surface area contributed by atoms with Crippen molar-refractivity contribution in [3.8, 4) is 0 Å². The average molecular weight is 243 g/mol. The van der Waals surface area contributed by atoms with Gasteiger partial charge in [0.1, 0.15) is 0 Å². The van der Waals surface area contributed by atoms with Crippen molar-refractivity contribution in [3.05, 3.63) is 47.8 Å². The minimum Gasteiger partial charge on any atom is -0.344 e. The molecule has 1 rings (SSSR count). The summed E-state index contributed by atoms with van der Waals surface area (Å²) in [5.74, 6) is 0. The second kappa shape index (κ2) is 8.35. The molecular formula is C17H25N. The first-order valence-electron chi connectivity index (χ1n) is 6.44. The van der Waals surface area contributed by atoms with E-state index >= 15 is 0 Å². The lowest BCUT2D eigenvalue weighted by molar-refractivity contribution is 0.900. The predicted molar refractivity (Wildman–Crippen MR) is 86.4 cm³/mol. The number of hydrogen-bond acceptors (Lipinski definition) is 0. The molecule has 0 aliphatic heterocycles. The van der Waals surface area contributed by atoms with Crippen molar-refractivity contribution in [2.24, 2.45) is 7.05 Å². The van der Waals surface area contributed by atoms with Gasteiger partial charge in [-0.3, -0.25) is 0 Å². The van der Waals surface area contributed by atoms with Crippen LogP contribution in [0.25, 0.3) is 24.3 Å². The van der Waals surface area contributed by atoms with Crippen LogP contribution in [0.4, 0.5) is 0 Å². The standard InChI is InChI=1S/C15H19N.C2H6/c1-6-10-14-12(8-3)13(9-4)15(11-7-2)16(14)5;1-2/h6-11H,3-4H2,1-2,5H3;1-2H3/b10-6-,11-7-;. The summed E-state index contributed by atoms with van der Waals surface area (Å²) in [6.07, 6.45) is 12.0. The predicted octanol–water partition coefficient (Wildman–Crippen LogP) is 5.40. The van der Waals surface area contributed by atoms with Crippen molar-refractivity contribution in [1.29, 1.82) is 0 Å². The fourth-order valence-electron chi connectivity index (χ4n) is 1.92. The summed E-state index contributed by atoms with van der Waals surface area (Å²) < 4.78 is 2.16. The molecule has 0 fully saturated rings. The van der Waals surface area contributed by atoms with Gasteiger partial charge in [-0.25, -0.2) is 0 Å². The SMILES string of the molecule is C=Cc1c(C=C)c(/C=C\C)n(C)c1/C=C\C.CC. The third-order valence-electron chi connectivity index (χ3n) is 2.62. The molecule has 98 valence electrons. The van der Waals surface area contributed by atoms with E-state index in [0.717, 1.165) is 11.1 Å². The summed E-state index contributed by atoms with van der Waals surface area (Å²) in [6.45, 7) is 15.8. The third-order valence-corrected chi connectivity index (χ3v) is 2.62. The highest BCUT2D eigenvalue weighted by Crippen LogP contribution is 2.26. The maximum Gasteiger partial charge on any atom is 0.0485 e. The number of aromatic nitrogens is 1. The summed E-state index contributed by atoms with van der Waals surface area (Å²) in [5.41, 5.74) is 4.62. The Bertz CT molecular complexity index is 415. The Morgan fingerprint density at radius 1 is 0.833 bits per heavy atom. The zero-order chi connectivity index (χ0) is 14.1. The monoisotopic (exact) mass is 243 g/mol. The molecule has 1 aromatic rings. The van der Waals surface area contributed by atoms with E-state index in [4.69, 9.17) is 0 Å². The van der Waals surface area contributed by atoms with E-state index in [9.17, 15) is 0 Å². The highest BCUT2D eigenvalue weighted by molar-refractivity contribution is 5.78. The summed E-state index contributed by atoms with van der Waals surface area (Å²) in [4.78, 5) is 0. The first-order chi connectivity index (χ1) is 8.71. The first kappa shape index (κ1) is 16.2. The molecule has 0 saturated heterocycles. The Morgan fingerprint density at radius 3 is 1.39 bits per heavy atom. The molecule has 1 heteroatoms. The van der Waals surface area contributed by atoms with Crippen LogP contribution in [0.5, 0.6) is 0 Å². The summed E-state index contributed by atoms with van der Waals surface area (Å²) in [7, 11) is 2.06. The first-order valence-corrected chi connectivity index (χ1v) is 6.44. The van der Waals surface area contributed by atoms with Crippen LogP contribution >= 0.6 is 0 Å². The van der Waals surface area contributed by atoms with Gasteiger partial charge in [0.2, 0.25) is 0 Å². The van der Waals surface area contributed by atoms with Crippen LogP contribution in [0.2, 0.25) is 0 Å². The lowest BCUT2D eigenvalue weighted by atomic mass is 10.1. The van der Waals surface area contributed by atoms with Crippen molar-refractivity contribution in [1.82, 2.24) is 4.57 Å². The lowest BCUT2D eigenvalue weighted by Crippen LogP contribution is -1.94. The zero-order valence-corrected chi connectivity index (χ0v) is 12.3. The van der Waals surface area contributed by atoms with Crippen molar-refractivity contribution < 1.29 is 0 Å². The minimum atomic E-state index is 1.14. The van der Waals surface area contributed by atoms with Crippen LogP contribution in [0.1, 0.15) is 50.2 Å². The van der Waals surface area contributed by atoms with E-state index in [1.165, 1.54) is 11.4 Å². The lowest BCUT2D eigenvalue weighted by Gasteiger charge is -2.01. The topological polar surface area (TPSA) is 4.93 Å². The molecule has 0 aromatic carbocycles. The number of nitrogens with zero attached hydrogens (tertiary/aromatic N) is 1. The third kappa shape index (κ3) is 3.13. The van der Waals surface area contributed by atoms with Gasteiger partial charge in [-0.05, 0) is 26.0 Å². The molecule has 0 amide bonds. The van der Waals surface area contributed by atoms with Gasteiger partial charge in [-0.2, -0.15) is 0 Å². The average Bonchev–Trinajstić information content (AvgIpc) is 2.66. The molecule has 0 aliphatic carbocycles. The Balaban J connectivity index is 0.00000137. The summed E-state index contributed by atoms with van der Waals surface area (Å²) in [6, 6.07) is 0. The van der Waals surface area contributed by atoms with Gasteiger partial charge in [-0.1, -0.05) is 51.3 Å². The van der Waals surface area contributed by atoms with Crippen LogP contribution in [0.15, 0.2) is 25.3 Å². The highest BCUT2D eigenvalue weighted by atomic mass is 15.0. The molecule has 18 heavy (non-hydrogen) atoms. The van der Waals surface area contributed by atoms with E-state index in [1.807, 2.05) is 52.0 Å². The van der Waals surface area contributed by atoms with Crippen LogP contribution in [-0.4, -0.2) is 4.57 Å². The molecule has 1 heterocycles. The van der Waals surface area contributed by atoms with Gasteiger partial charge < -0.3 is 4.57 Å². The number of allylic oxidation sites excluding steroid dienone is 2. The maximum atomic E-state index is 3.88. The highest BCUT2D eigenvalue weighted by Gasteiger charge is 2.12. The summed E-state index contributed by atoms with van der Waals surface area (Å²) >= 11 is 0. The number of hydrogen-bond donors (Lipinski definition) is 0. The van der Waals surface area contributed by atoms with Crippen molar-refractivity contribution in [2.75, 3.05) is 0 Å². The van der Waals surface area contributed by atoms with Gasteiger partial charge in [0.15, 0.2) is 0 Å². The Hall–Kier alpha value is -1.76. The zero-order valence-electron chi connectivity index (χ0n) is 12.3. The molecule has 1 aromatic heterocycles. The quantitative estimate of drug-likeness (QED) is 0.667. The fourth-order valence-corrected chi connectivity index (χ4v) is 1.92. The smallest absolute Gasteiger partial charge is 0.0485 e. The summed E-state index contributed by atoms with van der Waals surface area (Å²) in [5, 5.41) is 0. The second-order valence-corrected chi connectivity index (χ2v) is 3.57. The molecule has 0 spiro atoms. The van der Waals surface area contributed by atoms with Crippen LogP contribution in [0.3, 0.4) is 0 Å². The van der Waals surface area contributed by atoms with Gasteiger partial charge in [0, 0.05) is 29.6 Å². The van der Waals surface area contributed by atoms with Gasteiger partial charge >= 0.3 is 0 Å². The molecule has 1 nitrogen and oxygen atoms in total. The largest absolute Gasteiger partial charge is 0.344 e. The molecule has 0 atom stereocenters. The molecule has 0 bridgehead atoms. The molecule has 0 N–H and O–H groups in total. The van der Waals surface area contributed by atoms with Crippen LogP contribution in [0, 0.1) is 0 Å². The van der Waals surface area contributed by atoms with E-state index < -0.39 is 0 Å². The minimum absolute atomic E-state index is 1.14. The fraction of sp³-hybridized carbons (Fsp3) is 0.294. The second-order valence-electron chi connectivity index (χ2n) is 3.57. The van der Waals surface area contributed by atoms with Crippen molar-refractivity contribution in [3.63, 3.8) is 0 Å². The van der Waals surface area contributed by atoms with E-state index in [2.05, 4.69) is 36.9 Å². The van der Waals surface area contributed by atoms with E-state index in [-0.39, 0.29) is 0 Å². The van der Waals surface area contributed by atoms with Crippen LogP contribution in [-0.2, 0) is 7.05 Å². The Labute approximate surface area is 112 Å². The number of rotatable bonds is 4. The van der Waals surface area contributed by atoms with E-state index in [0.29, 0.717) is 0 Å². The molecule has 0 radical (unpaired) electrons. The maximum absolute atomic E-state index is 3.88. The normalized spacial score (nSPS) is 10.5. The van der Waals surface area contributed by atoms with E-state index in [1.54, 1.807) is 0 Å². The Morgan fingerprint density at radius 2 is 1.17 bits per heavy atom. The van der Waals surface area contributed by atoms with Crippen LogP contribution < -0.4 is 0 Å².